The lowest BCUT2D eigenvalue weighted by atomic mass is 10.2. The van der Waals surface area contributed by atoms with Crippen molar-refractivity contribution >= 4 is 10.2 Å². The molecule has 14 heavy (non-hydrogen) atoms. The maximum atomic E-state index is 11.1. The van der Waals surface area contributed by atoms with Gasteiger partial charge in [0.25, 0.3) is 10.2 Å². The van der Waals surface area contributed by atoms with Crippen molar-refractivity contribution in [1.82, 2.24) is 9.44 Å². The van der Waals surface area contributed by atoms with Crippen LogP contribution in [0.3, 0.4) is 0 Å². The molecular weight excluding hydrogens is 202 g/mol. The summed E-state index contributed by atoms with van der Waals surface area (Å²) in [6.07, 6.45) is 2.67. The van der Waals surface area contributed by atoms with E-state index >= 15 is 0 Å². The number of hydrogen-bond donors (Lipinski definition) is 2. The van der Waals surface area contributed by atoms with Crippen molar-refractivity contribution in [3.63, 3.8) is 0 Å². The summed E-state index contributed by atoms with van der Waals surface area (Å²) in [5.74, 6) is 0. The molecule has 2 N–H and O–H groups in total. The fourth-order valence-corrected chi connectivity index (χ4v) is 1.81. The third kappa shape index (κ3) is 7.98. The number of rotatable bonds is 8. The fraction of sp³-hybridized carbons (Fsp3) is 0.875. The Morgan fingerprint density at radius 1 is 1.21 bits per heavy atom. The molecule has 0 rings (SSSR count). The Labute approximate surface area is 85.7 Å². The molecule has 0 amide bonds. The van der Waals surface area contributed by atoms with Gasteiger partial charge in [0.15, 0.2) is 0 Å². The van der Waals surface area contributed by atoms with E-state index in [1.165, 1.54) is 0 Å². The molecule has 0 aliphatic heterocycles. The van der Waals surface area contributed by atoms with Crippen LogP contribution in [0.5, 0.6) is 0 Å². The summed E-state index contributed by atoms with van der Waals surface area (Å²) < 4.78 is 27.1. The highest BCUT2D eigenvalue weighted by molar-refractivity contribution is 7.87. The summed E-state index contributed by atoms with van der Waals surface area (Å²) in [4.78, 5) is 0. The van der Waals surface area contributed by atoms with Gasteiger partial charge in [-0.15, -0.1) is 0 Å². The van der Waals surface area contributed by atoms with Gasteiger partial charge in [-0.05, 0) is 19.3 Å². The van der Waals surface area contributed by atoms with Crippen molar-refractivity contribution in [2.24, 2.45) is 0 Å². The molecular formula is C8H17N3O2S. The number of hydrogen-bond acceptors (Lipinski definition) is 3. The van der Waals surface area contributed by atoms with E-state index in [9.17, 15) is 8.42 Å². The second-order valence-corrected chi connectivity index (χ2v) is 4.49. The zero-order chi connectivity index (χ0) is 10.9. The summed E-state index contributed by atoms with van der Waals surface area (Å²) in [5, 5.41) is 8.24. The summed E-state index contributed by atoms with van der Waals surface area (Å²) in [6.45, 7) is 2.74. The van der Waals surface area contributed by atoms with Crippen LogP contribution < -0.4 is 9.44 Å². The molecule has 5 nitrogen and oxygen atoms in total. The Morgan fingerprint density at radius 2 is 1.86 bits per heavy atom. The van der Waals surface area contributed by atoms with E-state index in [0.717, 1.165) is 12.8 Å². The van der Waals surface area contributed by atoms with Crippen LogP contribution in [0, 0.1) is 11.3 Å². The van der Waals surface area contributed by atoms with Gasteiger partial charge in [-0.1, -0.05) is 6.92 Å². The molecule has 0 aromatic heterocycles. The maximum Gasteiger partial charge on any atom is 0.276 e. The van der Waals surface area contributed by atoms with Crippen molar-refractivity contribution in [1.29, 1.82) is 5.26 Å². The van der Waals surface area contributed by atoms with Crippen LogP contribution in [0.2, 0.25) is 0 Å². The molecule has 0 radical (unpaired) electrons. The minimum atomic E-state index is -3.31. The summed E-state index contributed by atoms with van der Waals surface area (Å²) in [7, 11) is -3.31. The quantitative estimate of drug-likeness (QED) is 0.584. The first-order chi connectivity index (χ1) is 6.62. The molecule has 82 valence electrons. The molecule has 0 aromatic carbocycles. The molecule has 0 saturated carbocycles. The van der Waals surface area contributed by atoms with Crippen LogP contribution in [0.4, 0.5) is 0 Å². The topological polar surface area (TPSA) is 82.0 Å². The average molecular weight is 219 g/mol. The van der Waals surface area contributed by atoms with Crippen molar-refractivity contribution in [3.05, 3.63) is 0 Å². The van der Waals surface area contributed by atoms with Gasteiger partial charge in [0.2, 0.25) is 0 Å². The molecule has 0 bridgehead atoms. The van der Waals surface area contributed by atoms with E-state index < -0.39 is 10.2 Å². The Hall–Kier alpha value is -0.640. The van der Waals surface area contributed by atoms with Crippen molar-refractivity contribution < 1.29 is 8.42 Å². The van der Waals surface area contributed by atoms with E-state index in [2.05, 4.69) is 9.44 Å². The predicted octanol–water partition coefficient (Wildman–Crippen LogP) is 0.514. The van der Waals surface area contributed by atoms with Crippen molar-refractivity contribution in [2.75, 3.05) is 13.1 Å². The van der Waals surface area contributed by atoms with Crippen molar-refractivity contribution in [3.8, 4) is 6.07 Å². The summed E-state index contributed by atoms with van der Waals surface area (Å²) in [6, 6.07) is 2.01. The first kappa shape index (κ1) is 13.4. The fourth-order valence-electron chi connectivity index (χ4n) is 0.823. The van der Waals surface area contributed by atoms with Gasteiger partial charge in [0.05, 0.1) is 6.07 Å². The van der Waals surface area contributed by atoms with Gasteiger partial charge in [-0.2, -0.15) is 13.7 Å². The van der Waals surface area contributed by atoms with Crippen LogP contribution in [0.25, 0.3) is 0 Å². The van der Waals surface area contributed by atoms with Gasteiger partial charge in [-0.3, -0.25) is 0 Å². The minimum absolute atomic E-state index is 0.390. The van der Waals surface area contributed by atoms with Crippen molar-refractivity contribution in [2.45, 2.75) is 32.6 Å². The summed E-state index contributed by atoms with van der Waals surface area (Å²) >= 11 is 0. The highest BCUT2D eigenvalue weighted by Gasteiger charge is 2.05. The number of unbranched alkanes of at least 4 members (excludes halogenated alkanes) is 2. The molecule has 0 heterocycles. The highest BCUT2D eigenvalue weighted by Crippen LogP contribution is 1.92. The molecule has 0 aliphatic carbocycles. The molecule has 6 heteroatoms. The summed E-state index contributed by atoms with van der Waals surface area (Å²) in [5.41, 5.74) is 0. The lowest BCUT2D eigenvalue weighted by molar-refractivity contribution is 0.562. The zero-order valence-electron chi connectivity index (χ0n) is 8.41. The van der Waals surface area contributed by atoms with E-state index in [1.54, 1.807) is 0 Å². The molecule has 0 aliphatic rings. The monoisotopic (exact) mass is 219 g/mol. The first-order valence-electron chi connectivity index (χ1n) is 4.73. The highest BCUT2D eigenvalue weighted by atomic mass is 32.2. The average Bonchev–Trinajstić information content (AvgIpc) is 2.15. The smallest absolute Gasteiger partial charge is 0.202 e. The predicted molar refractivity (Wildman–Crippen MR) is 54.7 cm³/mol. The second-order valence-electron chi connectivity index (χ2n) is 2.91. The SMILES string of the molecule is CCCNS(=O)(=O)NCCCCC#N. The van der Waals surface area contributed by atoms with Crippen LogP contribution >= 0.6 is 0 Å². The van der Waals surface area contributed by atoms with Crippen LogP contribution in [0.15, 0.2) is 0 Å². The molecule has 0 fully saturated rings. The third-order valence-corrected chi connectivity index (χ3v) is 2.72. The van der Waals surface area contributed by atoms with Crippen LogP contribution in [-0.2, 0) is 10.2 Å². The first-order valence-corrected chi connectivity index (χ1v) is 6.22. The molecule has 0 saturated heterocycles. The third-order valence-electron chi connectivity index (χ3n) is 1.55. The lowest BCUT2D eigenvalue weighted by Gasteiger charge is -2.06. The number of nitrogens with zero attached hydrogens (tertiary/aromatic N) is 1. The van der Waals surface area contributed by atoms with Crippen LogP contribution in [0.1, 0.15) is 32.6 Å². The normalized spacial score (nSPS) is 11.1. The van der Waals surface area contributed by atoms with Crippen LogP contribution in [-0.4, -0.2) is 21.5 Å². The van der Waals surface area contributed by atoms with E-state index in [1.807, 2.05) is 13.0 Å². The molecule has 0 aromatic rings. The Morgan fingerprint density at radius 3 is 2.43 bits per heavy atom. The van der Waals surface area contributed by atoms with E-state index in [4.69, 9.17) is 5.26 Å². The molecule has 0 atom stereocenters. The largest absolute Gasteiger partial charge is 0.276 e. The molecule has 0 unspecified atom stereocenters. The minimum Gasteiger partial charge on any atom is -0.202 e. The number of nitriles is 1. The van der Waals surface area contributed by atoms with Gasteiger partial charge >= 0.3 is 0 Å². The van der Waals surface area contributed by atoms with Gasteiger partial charge in [-0.25, -0.2) is 9.44 Å². The van der Waals surface area contributed by atoms with Gasteiger partial charge in [0, 0.05) is 19.5 Å². The number of nitrogens with one attached hydrogen (secondary N) is 2. The molecule has 0 spiro atoms. The maximum absolute atomic E-state index is 11.1. The lowest BCUT2D eigenvalue weighted by Crippen LogP contribution is -2.37. The Kier molecular flexibility index (Phi) is 7.38. The zero-order valence-corrected chi connectivity index (χ0v) is 9.23. The standard InChI is InChI=1S/C8H17N3O2S/c1-2-7-10-14(12,13)11-8-5-3-4-6-9/h10-11H,2-5,7-8H2,1H3. The Balaban J connectivity index is 3.52. The van der Waals surface area contributed by atoms with E-state index in [-0.39, 0.29) is 0 Å². The van der Waals surface area contributed by atoms with E-state index in [0.29, 0.717) is 25.9 Å². The van der Waals surface area contributed by atoms with Gasteiger partial charge < -0.3 is 0 Å². The van der Waals surface area contributed by atoms with Gasteiger partial charge in [0.1, 0.15) is 0 Å². The second kappa shape index (κ2) is 7.74. The Bertz CT molecular complexity index is 269.